The third-order valence-corrected chi connectivity index (χ3v) is 10.4. The number of carbonyl (C=O) groups is 1. The van der Waals surface area contributed by atoms with E-state index >= 15 is 0 Å². The lowest BCUT2D eigenvalue weighted by Gasteiger charge is -2.34. The van der Waals surface area contributed by atoms with E-state index in [1.165, 1.54) is 19.3 Å². The number of hydrogen-bond donors (Lipinski definition) is 0. The van der Waals surface area contributed by atoms with Crippen molar-refractivity contribution in [3.8, 4) is 0 Å². The van der Waals surface area contributed by atoms with E-state index in [1.54, 1.807) is 12.4 Å². The molecule has 2 aromatic carbocycles. The van der Waals surface area contributed by atoms with E-state index in [1.807, 2.05) is 43.3 Å². The van der Waals surface area contributed by atoms with E-state index in [4.69, 9.17) is 16.6 Å². The van der Waals surface area contributed by atoms with Crippen LogP contribution in [0.1, 0.15) is 83.6 Å². The summed E-state index contributed by atoms with van der Waals surface area (Å²) in [6.07, 6.45) is 18.2. The number of aryl methyl sites for hydroxylation is 1. The van der Waals surface area contributed by atoms with E-state index in [0.29, 0.717) is 13.1 Å². The van der Waals surface area contributed by atoms with Gasteiger partial charge in [0.1, 0.15) is 11.3 Å². The molecule has 4 heterocycles. The summed E-state index contributed by atoms with van der Waals surface area (Å²) < 4.78 is 2.19. The number of aromatic nitrogens is 4. The molecule has 2 fully saturated rings. The average Bonchev–Trinajstić information content (AvgIpc) is 3.79. The van der Waals surface area contributed by atoms with Gasteiger partial charge in [-0.3, -0.25) is 14.7 Å². The van der Waals surface area contributed by atoms with Crippen molar-refractivity contribution < 1.29 is 4.79 Å². The molecule has 50 heavy (non-hydrogen) atoms. The number of pyridine rings is 2. The minimum atomic E-state index is 0.0833. The lowest BCUT2D eigenvalue weighted by Crippen LogP contribution is -2.41. The van der Waals surface area contributed by atoms with E-state index in [2.05, 4.69) is 79.0 Å². The lowest BCUT2D eigenvalue weighted by molar-refractivity contribution is 0.0663. The van der Waals surface area contributed by atoms with Crippen molar-refractivity contribution in [1.82, 2.24) is 29.3 Å². The largest absolute Gasteiger partial charge is 0.332 e. The number of nitrogens with zero attached hydrogens (tertiary/aromatic N) is 6. The molecule has 1 aliphatic heterocycles. The highest BCUT2D eigenvalue weighted by Crippen LogP contribution is 2.27. The summed E-state index contributed by atoms with van der Waals surface area (Å²) in [4.78, 5) is 32.6. The molecule has 2 aliphatic rings. The first-order valence-electron chi connectivity index (χ1n) is 18.0. The quantitative estimate of drug-likeness (QED) is 0.139. The van der Waals surface area contributed by atoms with Gasteiger partial charge in [0, 0.05) is 48.0 Å². The van der Waals surface area contributed by atoms with Crippen molar-refractivity contribution >= 4 is 40.2 Å². The Balaban J connectivity index is 1.08. The molecule has 0 unspecified atom stereocenters. The molecule has 0 N–H and O–H groups in total. The van der Waals surface area contributed by atoms with Crippen molar-refractivity contribution in [3.05, 3.63) is 136 Å². The maximum absolute atomic E-state index is 14.1. The number of halogens is 1. The Hall–Kier alpha value is -4.59. The van der Waals surface area contributed by atoms with Crippen LogP contribution in [-0.4, -0.2) is 67.4 Å². The maximum atomic E-state index is 14.1. The monoisotopic (exact) mass is 684 g/mol. The predicted molar refractivity (Wildman–Crippen MR) is 203 cm³/mol. The Morgan fingerprint density at radius 1 is 0.900 bits per heavy atom. The highest BCUT2D eigenvalue weighted by atomic mass is 35.5. The fourth-order valence-electron chi connectivity index (χ4n) is 7.36. The molecular formula is C42H45ClN6O. The molecular weight excluding hydrogens is 640 g/mol. The van der Waals surface area contributed by atoms with Crippen LogP contribution >= 0.6 is 11.6 Å². The van der Waals surface area contributed by atoms with Crippen LogP contribution in [0.25, 0.3) is 22.7 Å². The first-order chi connectivity index (χ1) is 24.5. The van der Waals surface area contributed by atoms with Gasteiger partial charge in [-0.1, -0.05) is 73.3 Å². The topological polar surface area (TPSA) is 67.2 Å². The highest BCUT2D eigenvalue weighted by molar-refractivity contribution is 6.30. The van der Waals surface area contributed by atoms with Crippen molar-refractivity contribution in [2.75, 3.05) is 26.2 Å². The van der Waals surface area contributed by atoms with E-state index in [9.17, 15) is 4.79 Å². The number of imidazole rings is 1. The van der Waals surface area contributed by atoms with Crippen LogP contribution in [-0.2, 0) is 6.54 Å². The van der Waals surface area contributed by atoms with Gasteiger partial charge in [-0.05, 0) is 105 Å². The van der Waals surface area contributed by atoms with Crippen molar-refractivity contribution in [2.45, 2.75) is 64.5 Å². The molecule has 256 valence electrons. The second-order valence-corrected chi connectivity index (χ2v) is 14.0. The molecule has 8 heteroatoms. The summed E-state index contributed by atoms with van der Waals surface area (Å²) in [5.41, 5.74) is 7.83. The molecule has 1 amide bonds. The maximum Gasteiger partial charge on any atom is 0.254 e. The third kappa shape index (κ3) is 8.06. The number of rotatable bonds is 11. The van der Waals surface area contributed by atoms with Crippen LogP contribution in [0.5, 0.6) is 0 Å². The first-order valence-corrected chi connectivity index (χ1v) is 18.4. The van der Waals surface area contributed by atoms with Gasteiger partial charge in [0.2, 0.25) is 0 Å². The zero-order valence-corrected chi connectivity index (χ0v) is 29.6. The molecule has 0 spiro atoms. The average molecular weight is 685 g/mol. The van der Waals surface area contributed by atoms with Crippen LogP contribution in [0, 0.1) is 6.92 Å². The smallest absolute Gasteiger partial charge is 0.254 e. The van der Waals surface area contributed by atoms with E-state index in [-0.39, 0.29) is 11.9 Å². The number of likely N-dealkylation sites (tertiary alicyclic amines) is 1. The summed E-state index contributed by atoms with van der Waals surface area (Å²) in [7, 11) is 0. The number of benzene rings is 2. The third-order valence-electron chi connectivity index (χ3n) is 10.1. The molecule has 1 saturated carbocycles. The summed E-state index contributed by atoms with van der Waals surface area (Å²) in [5.74, 6) is 1.03. The molecule has 7 rings (SSSR count). The predicted octanol–water partition coefficient (Wildman–Crippen LogP) is 8.85. The van der Waals surface area contributed by atoms with E-state index < -0.39 is 0 Å². The van der Waals surface area contributed by atoms with Crippen LogP contribution in [0.15, 0.2) is 97.3 Å². The second kappa shape index (κ2) is 16.0. The Morgan fingerprint density at radius 2 is 1.66 bits per heavy atom. The van der Waals surface area contributed by atoms with Crippen LogP contribution in [0.4, 0.5) is 0 Å². The second-order valence-electron chi connectivity index (χ2n) is 13.5. The highest BCUT2D eigenvalue weighted by Gasteiger charge is 2.25. The normalized spacial score (nSPS) is 16.1. The number of carbonyl (C=O) groups excluding carboxylic acids is 1. The molecule has 5 aromatic rings. The van der Waals surface area contributed by atoms with Crippen molar-refractivity contribution in [2.24, 2.45) is 0 Å². The van der Waals surface area contributed by atoms with Gasteiger partial charge in [0.05, 0.1) is 23.1 Å². The Kier molecular flexibility index (Phi) is 10.8. The zero-order valence-electron chi connectivity index (χ0n) is 28.8. The van der Waals surface area contributed by atoms with Crippen LogP contribution in [0.2, 0.25) is 5.02 Å². The SMILES string of the molecule is Cc1nc2cnccc2n1Cc1ccc(C(=O)N(C/C=C/c2cccc(/C(=C/CN3CCCC3)c3ccc(Cl)cc3)n2)C2CCCCC2)cc1. The lowest BCUT2D eigenvalue weighted by atomic mass is 9.93. The van der Waals surface area contributed by atoms with Gasteiger partial charge < -0.3 is 9.47 Å². The van der Waals surface area contributed by atoms with Crippen LogP contribution in [0.3, 0.4) is 0 Å². The molecule has 0 atom stereocenters. The summed E-state index contributed by atoms with van der Waals surface area (Å²) >= 11 is 6.24. The molecule has 3 aromatic heterocycles. The number of amides is 1. The number of hydrogen-bond acceptors (Lipinski definition) is 5. The van der Waals surface area contributed by atoms with Crippen molar-refractivity contribution in [1.29, 1.82) is 0 Å². The van der Waals surface area contributed by atoms with Gasteiger partial charge in [0.25, 0.3) is 5.91 Å². The minimum absolute atomic E-state index is 0.0833. The Morgan fingerprint density at radius 3 is 2.44 bits per heavy atom. The Labute approximate surface area is 300 Å². The minimum Gasteiger partial charge on any atom is -0.332 e. The molecule has 0 radical (unpaired) electrons. The fourth-order valence-corrected chi connectivity index (χ4v) is 7.49. The van der Waals surface area contributed by atoms with Gasteiger partial charge >= 0.3 is 0 Å². The molecule has 1 saturated heterocycles. The molecule has 0 bridgehead atoms. The van der Waals surface area contributed by atoms with Gasteiger partial charge in [-0.25, -0.2) is 9.97 Å². The Bertz CT molecular complexity index is 1970. The summed E-state index contributed by atoms with van der Waals surface area (Å²) in [5, 5.41) is 0.724. The van der Waals surface area contributed by atoms with Crippen LogP contribution < -0.4 is 0 Å². The number of fused-ring (bicyclic) bond motifs is 1. The summed E-state index contributed by atoms with van der Waals surface area (Å²) in [6.45, 7) is 6.43. The standard InChI is InChI=1S/C42H45ClN6O/c1-31-45-40-29-44-24-22-41(40)49(31)30-32-14-16-34(17-15-32)42(50)48(37-11-3-2-4-12-37)27-8-10-36-9-7-13-39(46-36)38(23-28-47-25-5-6-26-47)33-18-20-35(43)21-19-33/h7-10,13-24,29,37H,2-6,11-12,25-28,30H2,1H3/b10-8+,38-23+. The zero-order chi connectivity index (χ0) is 34.3. The fraction of sp³-hybridized carbons (Fsp3) is 0.333. The van der Waals surface area contributed by atoms with Gasteiger partial charge in [-0.15, -0.1) is 0 Å². The van der Waals surface area contributed by atoms with E-state index in [0.717, 1.165) is 101 Å². The summed E-state index contributed by atoms with van der Waals surface area (Å²) in [6, 6.07) is 24.5. The van der Waals surface area contributed by atoms with Gasteiger partial charge in [0.15, 0.2) is 0 Å². The molecule has 7 nitrogen and oxygen atoms in total. The molecule has 1 aliphatic carbocycles. The first kappa shape index (κ1) is 33.9. The van der Waals surface area contributed by atoms with Crippen molar-refractivity contribution in [3.63, 3.8) is 0 Å². The van der Waals surface area contributed by atoms with Gasteiger partial charge in [-0.2, -0.15) is 0 Å².